The summed E-state index contributed by atoms with van der Waals surface area (Å²) in [6.45, 7) is 0. The largest absolute Gasteiger partial charge is 0.310 e. The molecule has 15 heavy (non-hydrogen) atoms. The zero-order chi connectivity index (χ0) is 10.7. The highest BCUT2D eigenvalue weighted by molar-refractivity contribution is 5.26. The Morgan fingerprint density at radius 2 is 1.80 bits per heavy atom. The molecule has 1 saturated carbocycles. The number of nitrogens with one attached hydrogen (secondary N) is 1. The summed E-state index contributed by atoms with van der Waals surface area (Å²) in [6, 6.07) is 7.15. The van der Waals surface area contributed by atoms with Gasteiger partial charge in [0.1, 0.15) is 5.82 Å². The lowest BCUT2D eigenvalue weighted by Crippen LogP contribution is -2.42. The molecule has 1 fully saturated rings. The Morgan fingerprint density at radius 1 is 1.13 bits per heavy atom. The highest BCUT2D eigenvalue weighted by Crippen LogP contribution is 2.37. The Labute approximate surface area is 90.7 Å². The molecule has 1 aliphatic carbocycles. The minimum absolute atomic E-state index is 0.0752. The summed E-state index contributed by atoms with van der Waals surface area (Å²) in [5.74, 6) is -0.0752. The molecule has 82 valence electrons. The van der Waals surface area contributed by atoms with Gasteiger partial charge in [-0.1, -0.05) is 37.5 Å². The van der Waals surface area contributed by atoms with E-state index in [9.17, 15) is 4.39 Å². The summed E-state index contributed by atoms with van der Waals surface area (Å²) in [4.78, 5) is 0. The molecule has 0 aromatic heterocycles. The third-order valence-electron chi connectivity index (χ3n) is 3.58. The Hall–Kier alpha value is -0.890. The summed E-state index contributed by atoms with van der Waals surface area (Å²) in [5.41, 5.74) is 0.719. The molecule has 0 unspecified atom stereocenters. The normalized spacial score (nSPS) is 20.1. The van der Waals surface area contributed by atoms with Gasteiger partial charge in [0.25, 0.3) is 0 Å². The molecule has 0 amide bonds. The van der Waals surface area contributed by atoms with Gasteiger partial charge in [0, 0.05) is 11.1 Å². The second-order valence-corrected chi connectivity index (χ2v) is 4.37. The van der Waals surface area contributed by atoms with Crippen molar-refractivity contribution in [1.82, 2.24) is 5.32 Å². The molecule has 0 spiro atoms. The summed E-state index contributed by atoms with van der Waals surface area (Å²) in [5, 5.41) is 3.33. The molecule has 2 rings (SSSR count). The van der Waals surface area contributed by atoms with Crippen LogP contribution < -0.4 is 5.32 Å². The fourth-order valence-electron chi connectivity index (χ4n) is 2.66. The van der Waals surface area contributed by atoms with Crippen molar-refractivity contribution in [2.75, 3.05) is 7.05 Å². The molecule has 2 heteroatoms. The van der Waals surface area contributed by atoms with E-state index >= 15 is 0 Å². The predicted molar refractivity (Wildman–Crippen MR) is 60.2 cm³/mol. The number of benzene rings is 1. The number of hydrogen-bond acceptors (Lipinski definition) is 1. The van der Waals surface area contributed by atoms with E-state index in [4.69, 9.17) is 0 Å². The zero-order valence-electron chi connectivity index (χ0n) is 9.22. The van der Waals surface area contributed by atoms with Crippen molar-refractivity contribution in [3.05, 3.63) is 35.6 Å². The minimum atomic E-state index is -0.121. The van der Waals surface area contributed by atoms with Crippen LogP contribution in [0.25, 0.3) is 0 Å². The molecule has 0 radical (unpaired) electrons. The molecule has 1 nitrogen and oxygen atoms in total. The highest BCUT2D eigenvalue weighted by Gasteiger charge is 2.33. The van der Waals surface area contributed by atoms with Crippen LogP contribution in [0, 0.1) is 5.82 Å². The first kappa shape index (κ1) is 10.6. The highest BCUT2D eigenvalue weighted by atomic mass is 19.1. The predicted octanol–water partition coefficient (Wildman–Crippen LogP) is 3.20. The van der Waals surface area contributed by atoms with Gasteiger partial charge >= 0.3 is 0 Å². The molecule has 1 aromatic rings. The van der Waals surface area contributed by atoms with E-state index in [2.05, 4.69) is 5.32 Å². The lowest BCUT2D eigenvalue weighted by atomic mass is 9.76. The SMILES string of the molecule is CNC1(c2ccccc2F)CCCCC1. The van der Waals surface area contributed by atoms with Gasteiger partial charge in [-0.2, -0.15) is 0 Å². The molecule has 0 bridgehead atoms. The maximum absolute atomic E-state index is 13.8. The Kier molecular flexibility index (Phi) is 3.06. The second-order valence-electron chi connectivity index (χ2n) is 4.37. The van der Waals surface area contributed by atoms with E-state index in [0.717, 1.165) is 18.4 Å². The molecular weight excluding hydrogens is 189 g/mol. The quantitative estimate of drug-likeness (QED) is 0.785. The number of halogens is 1. The molecule has 0 saturated heterocycles. The maximum atomic E-state index is 13.8. The van der Waals surface area contributed by atoms with Crippen LogP contribution >= 0.6 is 0 Å². The average Bonchev–Trinajstić information content (AvgIpc) is 2.30. The number of hydrogen-bond donors (Lipinski definition) is 1. The van der Waals surface area contributed by atoms with Crippen molar-refractivity contribution in [2.45, 2.75) is 37.6 Å². The van der Waals surface area contributed by atoms with Crippen molar-refractivity contribution in [3.63, 3.8) is 0 Å². The molecule has 1 aliphatic rings. The van der Waals surface area contributed by atoms with Gasteiger partial charge < -0.3 is 5.32 Å². The van der Waals surface area contributed by atoms with Gasteiger partial charge in [-0.25, -0.2) is 4.39 Å². The maximum Gasteiger partial charge on any atom is 0.128 e. The van der Waals surface area contributed by atoms with Crippen LogP contribution in [0.2, 0.25) is 0 Å². The van der Waals surface area contributed by atoms with Crippen LogP contribution in [-0.2, 0) is 5.54 Å². The topological polar surface area (TPSA) is 12.0 Å². The molecule has 1 aromatic carbocycles. The van der Waals surface area contributed by atoms with Crippen LogP contribution in [0.15, 0.2) is 24.3 Å². The van der Waals surface area contributed by atoms with E-state index in [0.29, 0.717) is 0 Å². The van der Waals surface area contributed by atoms with Crippen LogP contribution in [0.4, 0.5) is 4.39 Å². The molecular formula is C13H18FN. The smallest absolute Gasteiger partial charge is 0.128 e. The van der Waals surface area contributed by atoms with E-state index in [1.54, 1.807) is 12.1 Å². The molecule has 0 atom stereocenters. The standard InChI is InChI=1S/C13H18FN/c1-15-13(9-5-2-6-10-13)11-7-3-4-8-12(11)14/h3-4,7-8,15H,2,5-6,9-10H2,1H3. The van der Waals surface area contributed by atoms with Crippen molar-refractivity contribution < 1.29 is 4.39 Å². The van der Waals surface area contributed by atoms with E-state index in [1.165, 1.54) is 19.3 Å². The van der Waals surface area contributed by atoms with Crippen molar-refractivity contribution >= 4 is 0 Å². The van der Waals surface area contributed by atoms with Crippen LogP contribution in [0.3, 0.4) is 0 Å². The van der Waals surface area contributed by atoms with Crippen molar-refractivity contribution in [3.8, 4) is 0 Å². The Balaban J connectivity index is 2.36. The zero-order valence-corrected chi connectivity index (χ0v) is 9.22. The van der Waals surface area contributed by atoms with Crippen molar-refractivity contribution in [1.29, 1.82) is 0 Å². The van der Waals surface area contributed by atoms with Gasteiger partial charge in [-0.05, 0) is 26.0 Å². The van der Waals surface area contributed by atoms with Gasteiger partial charge in [0.05, 0.1) is 0 Å². The van der Waals surface area contributed by atoms with Gasteiger partial charge in [-0.3, -0.25) is 0 Å². The lowest BCUT2D eigenvalue weighted by Gasteiger charge is -2.37. The average molecular weight is 207 g/mol. The van der Waals surface area contributed by atoms with Gasteiger partial charge in [0.2, 0.25) is 0 Å². The lowest BCUT2D eigenvalue weighted by molar-refractivity contribution is 0.242. The van der Waals surface area contributed by atoms with Crippen LogP contribution in [-0.4, -0.2) is 7.05 Å². The van der Waals surface area contributed by atoms with E-state index < -0.39 is 0 Å². The minimum Gasteiger partial charge on any atom is -0.310 e. The summed E-state index contributed by atoms with van der Waals surface area (Å²) >= 11 is 0. The monoisotopic (exact) mass is 207 g/mol. The van der Waals surface area contributed by atoms with Crippen molar-refractivity contribution in [2.24, 2.45) is 0 Å². The number of rotatable bonds is 2. The Morgan fingerprint density at radius 3 is 2.40 bits per heavy atom. The third-order valence-corrected chi connectivity index (χ3v) is 3.58. The van der Waals surface area contributed by atoms with Gasteiger partial charge in [0.15, 0.2) is 0 Å². The first-order valence-corrected chi connectivity index (χ1v) is 5.72. The summed E-state index contributed by atoms with van der Waals surface area (Å²) in [7, 11) is 1.94. The van der Waals surface area contributed by atoms with Gasteiger partial charge in [-0.15, -0.1) is 0 Å². The fourth-order valence-corrected chi connectivity index (χ4v) is 2.66. The summed E-state index contributed by atoms with van der Waals surface area (Å²) in [6.07, 6.45) is 5.75. The van der Waals surface area contributed by atoms with E-state index in [-0.39, 0.29) is 11.4 Å². The first-order valence-electron chi connectivity index (χ1n) is 5.72. The second kappa shape index (κ2) is 4.31. The van der Waals surface area contributed by atoms with Crippen LogP contribution in [0.1, 0.15) is 37.7 Å². The first-order chi connectivity index (χ1) is 7.28. The fraction of sp³-hybridized carbons (Fsp3) is 0.538. The Bertz CT molecular complexity index is 329. The van der Waals surface area contributed by atoms with Crippen LogP contribution in [0.5, 0.6) is 0 Å². The van der Waals surface area contributed by atoms with E-state index in [1.807, 2.05) is 19.2 Å². The molecule has 0 heterocycles. The summed E-state index contributed by atoms with van der Waals surface area (Å²) < 4.78 is 13.8. The molecule has 0 aliphatic heterocycles. The third kappa shape index (κ3) is 1.91. The molecule has 1 N–H and O–H groups in total.